The second kappa shape index (κ2) is 8.34. The predicted octanol–water partition coefficient (Wildman–Crippen LogP) is 2.17. The van der Waals surface area contributed by atoms with Crippen LogP contribution >= 0.6 is 15.9 Å². The zero-order valence-electron chi connectivity index (χ0n) is 13.8. The van der Waals surface area contributed by atoms with E-state index in [1.807, 2.05) is 6.92 Å². The molecule has 23 heavy (non-hydrogen) atoms. The van der Waals surface area contributed by atoms with Gasteiger partial charge in [0, 0.05) is 36.4 Å². The van der Waals surface area contributed by atoms with Crippen molar-refractivity contribution in [1.29, 1.82) is 0 Å². The number of nitrogens with zero attached hydrogens (tertiary/aromatic N) is 1. The molecule has 6 heteroatoms. The first-order valence-electron chi connectivity index (χ1n) is 8.08. The van der Waals surface area contributed by atoms with E-state index in [1.165, 1.54) is 25.3 Å². The van der Waals surface area contributed by atoms with Crippen LogP contribution < -0.4 is 16.0 Å². The second-order valence-corrected chi connectivity index (χ2v) is 6.81. The standard InChI is InChI=1S/C17H25BrN4O/c1-3-19-16(21-10-9-20-13(2)23)22-12-17(7-8-17)14-5-4-6-15(18)11-14/h4-6,11H,3,7-10,12H2,1-2H3,(H,20,23)(H2,19,21,22). The summed E-state index contributed by atoms with van der Waals surface area (Å²) in [7, 11) is 0. The molecule has 1 aliphatic rings. The number of guanidine groups is 1. The number of carbonyl (C=O) groups excluding carboxylic acids is 1. The van der Waals surface area contributed by atoms with Crippen LogP contribution in [0, 0.1) is 0 Å². The van der Waals surface area contributed by atoms with Gasteiger partial charge in [-0.15, -0.1) is 0 Å². The monoisotopic (exact) mass is 380 g/mol. The molecule has 0 atom stereocenters. The second-order valence-electron chi connectivity index (χ2n) is 5.90. The van der Waals surface area contributed by atoms with Crippen molar-refractivity contribution in [3.63, 3.8) is 0 Å². The summed E-state index contributed by atoms with van der Waals surface area (Å²) in [5.41, 5.74) is 1.54. The fourth-order valence-corrected chi connectivity index (χ4v) is 2.90. The van der Waals surface area contributed by atoms with Crippen molar-refractivity contribution in [2.45, 2.75) is 32.1 Å². The molecule has 1 amide bonds. The maximum Gasteiger partial charge on any atom is 0.216 e. The minimum Gasteiger partial charge on any atom is -0.357 e. The van der Waals surface area contributed by atoms with E-state index in [-0.39, 0.29) is 11.3 Å². The fraction of sp³-hybridized carbons (Fsp3) is 0.529. The quantitative estimate of drug-likeness (QED) is 0.385. The molecule has 0 radical (unpaired) electrons. The maximum absolute atomic E-state index is 10.9. The highest BCUT2D eigenvalue weighted by atomic mass is 79.9. The fourth-order valence-electron chi connectivity index (χ4n) is 2.50. The van der Waals surface area contributed by atoms with Crippen LogP contribution in [0.3, 0.4) is 0 Å². The van der Waals surface area contributed by atoms with Gasteiger partial charge in [-0.2, -0.15) is 0 Å². The molecule has 1 saturated carbocycles. The number of aliphatic imine (C=N–C) groups is 1. The number of rotatable bonds is 7. The Kier molecular flexibility index (Phi) is 6.45. The summed E-state index contributed by atoms with van der Waals surface area (Å²) < 4.78 is 1.12. The van der Waals surface area contributed by atoms with Gasteiger partial charge in [0.15, 0.2) is 5.96 Å². The van der Waals surface area contributed by atoms with E-state index in [2.05, 4.69) is 56.1 Å². The van der Waals surface area contributed by atoms with Gasteiger partial charge in [0.05, 0.1) is 6.54 Å². The van der Waals surface area contributed by atoms with Crippen LogP contribution in [0.25, 0.3) is 0 Å². The minimum absolute atomic E-state index is 0.0136. The van der Waals surface area contributed by atoms with Gasteiger partial charge in [0.2, 0.25) is 5.91 Å². The molecule has 3 N–H and O–H groups in total. The lowest BCUT2D eigenvalue weighted by atomic mass is 9.96. The van der Waals surface area contributed by atoms with Crippen LogP contribution in [0.2, 0.25) is 0 Å². The summed E-state index contributed by atoms with van der Waals surface area (Å²) in [6.07, 6.45) is 2.36. The average Bonchev–Trinajstić information content (AvgIpc) is 3.30. The molecular formula is C17H25BrN4O. The van der Waals surface area contributed by atoms with Crippen LogP contribution in [0.5, 0.6) is 0 Å². The van der Waals surface area contributed by atoms with Crippen LogP contribution in [0.1, 0.15) is 32.3 Å². The Bertz CT molecular complexity index is 569. The molecular weight excluding hydrogens is 356 g/mol. The molecule has 0 aromatic heterocycles. The molecule has 126 valence electrons. The molecule has 0 saturated heterocycles. The van der Waals surface area contributed by atoms with E-state index in [0.717, 1.165) is 23.5 Å². The van der Waals surface area contributed by atoms with E-state index >= 15 is 0 Å². The van der Waals surface area contributed by atoms with Crippen LogP contribution in [-0.4, -0.2) is 38.0 Å². The molecule has 1 aromatic carbocycles. The van der Waals surface area contributed by atoms with Crippen molar-refractivity contribution >= 4 is 27.8 Å². The average molecular weight is 381 g/mol. The summed E-state index contributed by atoms with van der Waals surface area (Å²) >= 11 is 3.55. The lowest BCUT2D eigenvalue weighted by molar-refractivity contribution is -0.118. The van der Waals surface area contributed by atoms with Gasteiger partial charge in [-0.05, 0) is 37.5 Å². The first-order valence-corrected chi connectivity index (χ1v) is 8.88. The number of carbonyl (C=O) groups is 1. The van der Waals surface area contributed by atoms with Crippen molar-refractivity contribution in [2.24, 2.45) is 4.99 Å². The smallest absolute Gasteiger partial charge is 0.216 e. The Morgan fingerprint density at radius 2 is 2.00 bits per heavy atom. The summed E-state index contributed by atoms with van der Waals surface area (Å²) in [6.45, 7) is 6.42. The minimum atomic E-state index is -0.0136. The lowest BCUT2D eigenvalue weighted by Gasteiger charge is -2.16. The number of nitrogens with one attached hydrogen (secondary N) is 3. The number of hydrogen-bond acceptors (Lipinski definition) is 2. The van der Waals surface area contributed by atoms with Gasteiger partial charge < -0.3 is 16.0 Å². The van der Waals surface area contributed by atoms with E-state index in [4.69, 9.17) is 4.99 Å². The molecule has 0 bridgehead atoms. The summed E-state index contributed by atoms with van der Waals surface area (Å²) in [6, 6.07) is 8.51. The van der Waals surface area contributed by atoms with Gasteiger partial charge in [0.25, 0.3) is 0 Å². The molecule has 0 aliphatic heterocycles. The Morgan fingerprint density at radius 3 is 2.61 bits per heavy atom. The number of amides is 1. The molecule has 1 aromatic rings. The Labute approximate surface area is 146 Å². The zero-order valence-corrected chi connectivity index (χ0v) is 15.4. The third-order valence-corrected chi connectivity index (χ3v) is 4.46. The van der Waals surface area contributed by atoms with Gasteiger partial charge in [-0.1, -0.05) is 28.1 Å². The third-order valence-electron chi connectivity index (χ3n) is 3.97. The van der Waals surface area contributed by atoms with Crippen LogP contribution in [-0.2, 0) is 10.2 Å². The Morgan fingerprint density at radius 1 is 1.26 bits per heavy atom. The third kappa shape index (κ3) is 5.53. The topological polar surface area (TPSA) is 65.5 Å². The van der Waals surface area contributed by atoms with E-state index in [1.54, 1.807) is 0 Å². The van der Waals surface area contributed by atoms with Gasteiger partial charge >= 0.3 is 0 Å². The molecule has 0 spiro atoms. The van der Waals surface area contributed by atoms with E-state index < -0.39 is 0 Å². The first-order chi connectivity index (χ1) is 11.1. The number of halogens is 1. The van der Waals surface area contributed by atoms with E-state index in [9.17, 15) is 4.79 Å². The molecule has 0 heterocycles. The largest absolute Gasteiger partial charge is 0.357 e. The lowest BCUT2D eigenvalue weighted by Crippen LogP contribution is -2.41. The Balaban J connectivity index is 1.93. The maximum atomic E-state index is 10.9. The van der Waals surface area contributed by atoms with Gasteiger partial charge in [0.1, 0.15) is 0 Å². The molecule has 1 aliphatic carbocycles. The number of benzene rings is 1. The molecule has 5 nitrogen and oxygen atoms in total. The molecule has 0 unspecified atom stereocenters. The SMILES string of the molecule is CCNC(=NCC1(c2cccc(Br)c2)CC1)NCCNC(C)=O. The highest BCUT2D eigenvalue weighted by molar-refractivity contribution is 9.10. The van der Waals surface area contributed by atoms with Crippen LogP contribution in [0.15, 0.2) is 33.7 Å². The highest BCUT2D eigenvalue weighted by Crippen LogP contribution is 2.48. The zero-order chi connectivity index (χ0) is 16.7. The van der Waals surface area contributed by atoms with E-state index in [0.29, 0.717) is 13.1 Å². The van der Waals surface area contributed by atoms with Crippen molar-refractivity contribution in [2.75, 3.05) is 26.2 Å². The van der Waals surface area contributed by atoms with Crippen molar-refractivity contribution in [3.8, 4) is 0 Å². The summed E-state index contributed by atoms with van der Waals surface area (Å²) in [5, 5.41) is 9.28. The summed E-state index contributed by atoms with van der Waals surface area (Å²) in [4.78, 5) is 15.6. The van der Waals surface area contributed by atoms with Crippen LogP contribution in [0.4, 0.5) is 0 Å². The normalized spacial score (nSPS) is 15.9. The van der Waals surface area contributed by atoms with Gasteiger partial charge in [-0.3, -0.25) is 9.79 Å². The Hall–Kier alpha value is -1.56. The highest BCUT2D eigenvalue weighted by Gasteiger charge is 2.44. The molecule has 1 fully saturated rings. The summed E-state index contributed by atoms with van der Waals surface area (Å²) in [5.74, 6) is 0.791. The van der Waals surface area contributed by atoms with Gasteiger partial charge in [-0.25, -0.2) is 0 Å². The predicted molar refractivity (Wildman–Crippen MR) is 97.7 cm³/mol. The first kappa shape index (κ1) is 17.8. The van der Waals surface area contributed by atoms with Crippen molar-refractivity contribution < 1.29 is 4.79 Å². The molecule has 2 rings (SSSR count). The van der Waals surface area contributed by atoms with Crippen molar-refractivity contribution in [1.82, 2.24) is 16.0 Å². The number of hydrogen-bond donors (Lipinski definition) is 3. The van der Waals surface area contributed by atoms with Crippen molar-refractivity contribution in [3.05, 3.63) is 34.3 Å².